The molecule has 0 atom stereocenters. The second kappa shape index (κ2) is 11.0. The van der Waals surface area contributed by atoms with Crippen molar-refractivity contribution in [2.24, 2.45) is 5.14 Å². The van der Waals surface area contributed by atoms with Gasteiger partial charge in [0.15, 0.2) is 15.6 Å². The van der Waals surface area contributed by atoms with E-state index in [1.807, 2.05) is 0 Å². The molecule has 1 amide bonds. The fourth-order valence-corrected chi connectivity index (χ4v) is 6.82. The molecule has 1 aliphatic heterocycles. The molecule has 3 aromatic carbocycles. The van der Waals surface area contributed by atoms with Gasteiger partial charge in [-0.3, -0.25) is 5.32 Å². The molecule has 1 aromatic heterocycles. The van der Waals surface area contributed by atoms with E-state index >= 15 is 0 Å². The average Bonchev–Trinajstić information content (AvgIpc) is 3.37. The number of ether oxygens (including phenoxy) is 1. The molecule has 5 rings (SSSR count). The Morgan fingerprint density at radius 1 is 0.976 bits per heavy atom. The van der Waals surface area contributed by atoms with E-state index in [0.29, 0.717) is 34.1 Å². The average molecular weight is 598 g/mol. The van der Waals surface area contributed by atoms with Crippen LogP contribution in [0.3, 0.4) is 0 Å². The molecule has 0 radical (unpaired) electrons. The lowest BCUT2D eigenvalue weighted by Crippen LogP contribution is -2.49. The Balaban J connectivity index is 1.40. The molecule has 214 valence electrons. The Labute approximate surface area is 236 Å². The highest BCUT2D eigenvalue weighted by Crippen LogP contribution is 2.33. The van der Waals surface area contributed by atoms with Gasteiger partial charge in [0.05, 0.1) is 16.4 Å². The lowest BCUT2D eigenvalue weighted by atomic mass is 10.1. The van der Waals surface area contributed by atoms with Crippen LogP contribution in [0.2, 0.25) is 0 Å². The van der Waals surface area contributed by atoms with Crippen LogP contribution in [0.4, 0.5) is 16.2 Å². The molecule has 0 unspecified atom stereocenters. The highest BCUT2D eigenvalue weighted by Gasteiger charge is 2.41. The third kappa shape index (κ3) is 6.73. The summed E-state index contributed by atoms with van der Waals surface area (Å²) < 4.78 is 60.0. The van der Waals surface area contributed by atoms with Crippen LogP contribution in [-0.4, -0.2) is 50.3 Å². The molecule has 1 fully saturated rings. The number of primary sulfonamides is 1. The summed E-state index contributed by atoms with van der Waals surface area (Å²) in [5.41, 5.74) is 0.958. The van der Waals surface area contributed by atoms with Gasteiger partial charge in [-0.2, -0.15) is 4.98 Å². The second-order valence-corrected chi connectivity index (χ2v) is 13.5. The van der Waals surface area contributed by atoms with Crippen molar-refractivity contribution in [2.75, 3.05) is 22.1 Å². The molecule has 4 N–H and O–H groups in total. The number of rotatable bonds is 7. The molecular formula is C27H27N5O7S2. The molecule has 41 heavy (non-hydrogen) atoms. The maximum absolute atomic E-state index is 13.1. The highest BCUT2D eigenvalue weighted by atomic mass is 32.2. The maximum atomic E-state index is 13.1. The predicted octanol–water partition coefficient (Wildman–Crippen LogP) is 3.92. The number of carbonyl (C=O) groups excluding carboxylic acids is 1. The van der Waals surface area contributed by atoms with Crippen molar-refractivity contribution in [3.8, 4) is 22.5 Å². The molecule has 14 heteroatoms. The SMILES string of the molecule is Cc1nc(-c2cccc(NC3(OC(=O)Nc4ccc(-c5ccccc5)c(S(N)(=O)=O)c4)CCS(=O)(=O)CC3)c2)no1. The molecule has 1 aliphatic rings. The van der Waals surface area contributed by atoms with Gasteiger partial charge in [0.1, 0.15) is 0 Å². The second-order valence-electron chi connectivity index (χ2n) is 9.63. The largest absolute Gasteiger partial charge is 0.423 e. The van der Waals surface area contributed by atoms with E-state index in [1.54, 1.807) is 61.5 Å². The first-order valence-corrected chi connectivity index (χ1v) is 15.9. The smallest absolute Gasteiger partial charge is 0.413 e. The van der Waals surface area contributed by atoms with Crippen molar-refractivity contribution in [2.45, 2.75) is 30.4 Å². The number of nitrogens with zero attached hydrogens (tertiary/aromatic N) is 2. The number of benzene rings is 3. The van der Waals surface area contributed by atoms with Crippen LogP contribution in [0, 0.1) is 6.92 Å². The van der Waals surface area contributed by atoms with E-state index in [-0.39, 0.29) is 34.9 Å². The third-order valence-electron chi connectivity index (χ3n) is 6.56. The zero-order chi connectivity index (χ0) is 29.3. The van der Waals surface area contributed by atoms with Gasteiger partial charge in [0.25, 0.3) is 0 Å². The van der Waals surface area contributed by atoms with Gasteiger partial charge in [-0.1, -0.05) is 53.7 Å². The van der Waals surface area contributed by atoms with Crippen LogP contribution in [0.15, 0.2) is 82.2 Å². The minimum absolute atomic E-state index is 0.0102. The van der Waals surface area contributed by atoms with Crippen molar-refractivity contribution < 1.29 is 30.9 Å². The number of nitrogens with two attached hydrogens (primary N) is 1. The molecule has 4 aromatic rings. The summed E-state index contributed by atoms with van der Waals surface area (Å²) in [5.74, 6) is 0.376. The Kier molecular flexibility index (Phi) is 7.55. The molecule has 0 spiro atoms. The lowest BCUT2D eigenvalue weighted by Gasteiger charge is -2.37. The van der Waals surface area contributed by atoms with Crippen LogP contribution < -0.4 is 15.8 Å². The molecule has 0 bridgehead atoms. The van der Waals surface area contributed by atoms with E-state index in [0.717, 1.165) is 0 Å². The van der Waals surface area contributed by atoms with Crippen LogP contribution in [0.5, 0.6) is 0 Å². The maximum Gasteiger partial charge on any atom is 0.413 e. The minimum atomic E-state index is -4.15. The predicted molar refractivity (Wildman–Crippen MR) is 152 cm³/mol. The summed E-state index contributed by atoms with van der Waals surface area (Å²) in [6, 6.07) is 20.1. The summed E-state index contributed by atoms with van der Waals surface area (Å²) in [5, 5.41) is 15.1. The molecule has 1 saturated heterocycles. The number of sulfonamides is 1. The monoisotopic (exact) mass is 597 g/mol. The van der Waals surface area contributed by atoms with Gasteiger partial charge >= 0.3 is 6.09 Å². The number of nitrogens with one attached hydrogen (secondary N) is 2. The van der Waals surface area contributed by atoms with E-state index < -0.39 is 31.7 Å². The quantitative estimate of drug-likeness (QED) is 0.264. The molecule has 0 aliphatic carbocycles. The summed E-state index contributed by atoms with van der Waals surface area (Å²) in [7, 11) is -7.45. The molecule has 0 saturated carbocycles. The minimum Gasteiger partial charge on any atom is -0.423 e. The van der Waals surface area contributed by atoms with Crippen molar-refractivity contribution in [3.63, 3.8) is 0 Å². The fraction of sp³-hybridized carbons (Fsp3) is 0.222. The van der Waals surface area contributed by atoms with Gasteiger partial charge in [0, 0.05) is 42.3 Å². The number of carbonyl (C=O) groups is 1. The number of aromatic nitrogens is 2. The zero-order valence-corrected chi connectivity index (χ0v) is 23.5. The van der Waals surface area contributed by atoms with Crippen molar-refractivity contribution in [3.05, 3.63) is 78.7 Å². The number of anilines is 2. The Morgan fingerprint density at radius 3 is 2.34 bits per heavy atom. The van der Waals surface area contributed by atoms with Gasteiger partial charge in [-0.05, 0) is 29.8 Å². The summed E-state index contributed by atoms with van der Waals surface area (Å²) in [6.07, 6.45) is -0.928. The lowest BCUT2D eigenvalue weighted by molar-refractivity contribution is 0.0341. The van der Waals surface area contributed by atoms with Crippen LogP contribution >= 0.6 is 0 Å². The number of hydrogen-bond acceptors (Lipinski definition) is 10. The standard InChI is InChI=1S/C27H27N5O7S2/c1-18-29-25(32-39-18)20-8-5-9-22(16-20)31-27(12-14-40(34,35)15-13-27)38-26(33)30-21-10-11-23(19-6-3-2-4-7-19)24(17-21)41(28,36)37/h2-11,16-17,31H,12-15H2,1H3,(H,30,33)(H2,28,36,37). The van der Waals surface area contributed by atoms with Gasteiger partial charge < -0.3 is 14.6 Å². The fourth-order valence-electron chi connectivity index (χ4n) is 4.55. The van der Waals surface area contributed by atoms with Crippen molar-refractivity contribution >= 4 is 37.3 Å². The molecule has 2 heterocycles. The van der Waals surface area contributed by atoms with Gasteiger partial charge in [-0.25, -0.2) is 26.8 Å². The normalized spacial score (nSPS) is 16.0. The van der Waals surface area contributed by atoms with Crippen molar-refractivity contribution in [1.29, 1.82) is 0 Å². The van der Waals surface area contributed by atoms with E-state index in [4.69, 9.17) is 14.4 Å². The molecular weight excluding hydrogens is 570 g/mol. The Hall–Kier alpha value is -4.27. The summed E-state index contributed by atoms with van der Waals surface area (Å²) in [6.45, 7) is 1.67. The van der Waals surface area contributed by atoms with Crippen LogP contribution in [-0.2, 0) is 24.6 Å². The summed E-state index contributed by atoms with van der Waals surface area (Å²) in [4.78, 5) is 17.2. The van der Waals surface area contributed by atoms with Gasteiger partial charge in [0.2, 0.25) is 21.7 Å². The number of hydrogen-bond donors (Lipinski definition) is 3. The van der Waals surface area contributed by atoms with Gasteiger partial charge in [-0.15, -0.1) is 0 Å². The highest BCUT2D eigenvalue weighted by molar-refractivity contribution is 7.91. The first-order chi connectivity index (χ1) is 19.4. The number of sulfone groups is 1. The summed E-state index contributed by atoms with van der Waals surface area (Å²) >= 11 is 0. The number of amides is 1. The van der Waals surface area contributed by atoms with E-state index in [9.17, 15) is 21.6 Å². The zero-order valence-electron chi connectivity index (χ0n) is 21.9. The Bertz CT molecular complexity index is 1790. The number of aryl methyl sites for hydroxylation is 1. The van der Waals surface area contributed by atoms with Crippen LogP contribution in [0.1, 0.15) is 18.7 Å². The van der Waals surface area contributed by atoms with E-state index in [2.05, 4.69) is 20.8 Å². The van der Waals surface area contributed by atoms with Crippen LogP contribution in [0.25, 0.3) is 22.5 Å². The Morgan fingerprint density at radius 2 is 1.68 bits per heavy atom. The first-order valence-electron chi connectivity index (χ1n) is 12.5. The molecule has 12 nitrogen and oxygen atoms in total. The van der Waals surface area contributed by atoms with Crippen molar-refractivity contribution in [1.82, 2.24) is 10.1 Å². The third-order valence-corrected chi connectivity index (χ3v) is 9.16. The van der Waals surface area contributed by atoms with E-state index in [1.165, 1.54) is 18.2 Å². The first kappa shape index (κ1) is 28.3. The topological polar surface area (TPSA) is 184 Å².